The molecule has 0 saturated carbocycles. The van der Waals surface area contributed by atoms with Gasteiger partial charge in [-0.2, -0.15) is 0 Å². The molecule has 0 amide bonds. The van der Waals surface area contributed by atoms with Crippen LogP contribution in [-0.4, -0.2) is 19.6 Å². The number of nitrogens with zero attached hydrogens (tertiary/aromatic N) is 3. The van der Waals surface area contributed by atoms with Crippen LogP contribution in [0.2, 0.25) is 0 Å². The Hall–Kier alpha value is -6.55. The van der Waals surface area contributed by atoms with E-state index in [1.165, 1.54) is 0 Å². The first kappa shape index (κ1) is 33.3. The number of aromatic nitrogens is 3. The maximum Gasteiger partial charge on any atom is 0.148 e. The van der Waals surface area contributed by atoms with E-state index in [-0.39, 0.29) is 26.8 Å². The molecule has 0 saturated heterocycles. The first-order valence-electron chi connectivity index (χ1n) is 17.6. The third-order valence-corrected chi connectivity index (χ3v) is 9.88. The monoisotopic (exact) mass is 875 g/mol. The van der Waals surface area contributed by atoms with Crippen LogP contribution in [0.4, 0.5) is 0 Å². The predicted octanol–water partition coefficient (Wildman–Crippen LogP) is 12.2. The van der Waals surface area contributed by atoms with E-state index in [1.54, 1.807) is 6.07 Å². The quantitative estimate of drug-likeness (QED) is 0.169. The first-order valence-corrected chi connectivity index (χ1v) is 17.6. The maximum atomic E-state index is 11.2. The molecule has 54 heavy (non-hydrogen) atoms. The van der Waals surface area contributed by atoms with Gasteiger partial charge >= 0.3 is 0 Å². The van der Waals surface area contributed by atoms with Crippen molar-refractivity contribution in [3.8, 4) is 67.5 Å². The molecule has 3 aromatic heterocycles. The van der Waals surface area contributed by atoms with E-state index in [4.69, 9.17) is 14.4 Å². The molecule has 1 N–H and O–H groups in total. The van der Waals surface area contributed by atoms with Crippen molar-refractivity contribution in [1.82, 2.24) is 14.5 Å². The van der Waals surface area contributed by atoms with Crippen LogP contribution in [0, 0.1) is 6.07 Å². The molecule has 0 unspecified atom stereocenters. The molecule has 10 aromatic rings. The molecule has 5 nitrogen and oxygen atoms in total. The van der Waals surface area contributed by atoms with Gasteiger partial charge in [0.2, 0.25) is 0 Å². The second-order valence-electron chi connectivity index (χ2n) is 13.0. The summed E-state index contributed by atoms with van der Waals surface area (Å²) in [7, 11) is 0. The summed E-state index contributed by atoms with van der Waals surface area (Å²) in [5, 5.41) is 13.2. The number of pyridine rings is 1. The van der Waals surface area contributed by atoms with Crippen LogP contribution < -0.4 is 0 Å². The van der Waals surface area contributed by atoms with E-state index in [9.17, 15) is 5.11 Å². The van der Waals surface area contributed by atoms with Gasteiger partial charge in [0.15, 0.2) is 0 Å². The van der Waals surface area contributed by atoms with Crippen molar-refractivity contribution < 1.29 is 30.6 Å². The van der Waals surface area contributed by atoms with Crippen molar-refractivity contribution in [2.24, 2.45) is 0 Å². The molecule has 7 aromatic carbocycles. The normalized spacial score (nSPS) is 11.3. The van der Waals surface area contributed by atoms with E-state index in [2.05, 4.69) is 89.5 Å². The van der Waals surface area contributed by atoms with Crippen molar-refractivity contribution in [1.29, 1.82) is 0 Å². The average Bonchev–Trinajstić information content (AvgIpc) is 3.80. The van der Waals surface area contributed by atoms with E-state index in [0.717, 1.165) is 83.3 Å². The van der Waals surface area contributed by atoms with Crippen LogP contribution in [0.1, 0.15) is 0 Å². The Labute approximate surface area is 326 Å². The summed E-state index contributed by atoms with van der Waals surface area (Å²) in [5.74, 6) is 0.800. The zero-order valence-electron chi connectivity index (χ0n) is 28.8. The topological polar surface area (TPSA) is 64.1 Å². The molecule has 6 heteroatoms. The Morgan fingerprint density at radius 2 is 1.26 bits per heavy atom. The summed E-state index contributed by atoms with van der Waals surface area (Å²) >= 11 is 0. The smallest absolute Gasteiger partial charge is 0.148 e. The molecular weight excluding hydrogens is 846 g/mol. The number of phenolic OH excluding ortho intramolecular Hbond substituents is 1. The zero-order valence-corrected chi connectivity index (χ0v) is 31.0. The molecule has 3 heterocycles. The fraction of sp³-hybridized carbons (Fsp3) is 0. The van der Waals surface area contributed by atoms with Crippen molar-refractivity contribution >= 4 is 33.0 Å². The molecule has 0 aliphatic carbocycles. The predicted molar refractivity (Wildman–Crippen MR) is 214 cm³/mol. The number of hydrogen-bond donors (Lipinski definition) is 1. The zero-order chi connectivity index (χ0) is 35.3. The number of benzene rings is 7. The molecule has 0 atom stereocenters. The SMILES string of the molecule is Oc1ccccc1-c1nc2c(-c3[c-]c(-c4cc(-c5ccccc5)ccn4)c4oc5ccccc5c4c3)cccc2n1-c1ccccc1-c1ccccc1.[Pt]. The largest absolute Gasteiger partial charge is 0.507 e. The molecule has 0 aliphatic heterocycles. The number of rotatable bonds is 6. The Morgan fingerprint density at radius 3 is 2.07 bits per heavy atom. The van der Waals surface area contributed by atoms with Gasteiger partial charge in [0, 0.05) is 43.9 Å². The summed E-state index contributed by atoms with van der Waals surface area (Å²) in [6.07, 6.45) is 1.85. The van der Waals surface area contributed by atoms with E-state index in [1.807, 2.05) is 91.1 Å². The van der Waals surface area contributed by atoms with Crippen LogP contribution in [0.15, 0.2) is 180 Å². The van der Waals surface area contributed by atoms with Crippen molar-refractivity contribution in [2.75, 3.05) is 0 Å². The minimum absolute atomic E-state index is 0. The summed E-state index contributed by atoms with van der Waals surface area (Å²) in [5.41, 5.74) is 12.4. The Balaban J connectivity index is 0.00000384. The van der Waals surface area contributed by atoms with E-state index < -0.39 is 0 Å². The van der Waals surface area contributed by atoms with Gasteiger partial charge in [-0.25, -0.2) is 4.98 Å². The van der Waals surface area contributed by atoms with Gasteiger partial charge in [0.05, 0.1) is 27.9 Å². The van der Waals surface area contributed by atoms with Crippen molar-refractivity contribution in [3.05, 3.63) is 182 Å². The number of hydrogen-bond acceptors (Lipinski definition) is 4. The second-order valence-corrected chi connectivity index (χ2v) is 13.0. The number of phenols is 1. The fourth-order valence-corrected chi connectivity index (χ4v) is 7.40. The molecule has 0 radical (unpaired) electrons. The van der Waals surface area contributed by atoms with Gasteiger partial charge in [0.25, 0.3) is 0 Å². The molecule has 10 rings (SSSR count). The average molecular weight is 876 g/mol. The Kier molecular flexibility index (Phi) is 8.49. The van der Waals surface area contributed by atoms with Crippen molar-refractivity contribution in [3.63, 3.8) is 0 Å². The molecule has 0 fully saturated rings. The summed E-state index contributed by atoms with van der Waals surface area (Å²) in [6, 6.07) is 60.8. The Bertz CT molecular complexity index is 2970. The van der Waals surface area contributed by atoms with Gasteiger partial charge in [-0.15, -0.1) is 17.7 Å². The van der Waals surface area contributed by atoms with E-state index in [0.29, 0.717) is 11.4 Å². The first-order chi connectivity index (χ1) is 26.2. The molecule has 0 spiro atoms. The van der Waals surface area contributed by atoms with Gasteiger partial charge in [-0.3, -0.25) is 9.55 Å². The fourth-order valence-electron chi connectivity index (χ4n) is 7.40. The molecular formula is C48H30N3O2Pt-. The van der Waals surface area contributed by atoms with Crippen molar-refractivity contribution in [2.45, 2.75) is 0 Å². The van der Waals surface area contributed by atoms with Crippen LogP contribution >= 0.6 is 0 Å². The minimum atomic E-state index is 0. The third kappa shape index (κ3) is 5.62. The minimum Gasteiger partial charge on any atom is -0.507 e. The van der Waals surface area contributed by atoms with Crippen LogP contribution in [0.3, 0.4) is 0 Å². The number of para-hydroxylation sites is 4. The number of furan rings is 1. The number of aromatic hydroxyl groups is 1. The van der Waals surface area contributed by atoms with Crippen LogP contribution in [0.25, 0.3) is 94.7 Å². The number of fused-ring (bicyclic) bond motifs is 4. The maximum absolute atomic E-state index is 11.2. The van der Waals surface area contributed by atoms with Crippen LogP contribution in [0.5, 0.6) is 5.75 Å². The summed E-state index contributed by atoms with van der Waals surface area (Å²) < 4.78 is 8.71. The molecule has 0 bridgehead atoms. The van der Waals surface area contributed by atoms with Gasteiger partial charge < -0.3 is 9.52 Å². The third-order valence-electron chi connectivity index (χ3n) is 9.88. The number of imidazole rings is 1. The van der Waals surface area contributed by atoms with E-state index >= 15 is 0 Å². The summed E-state index contributed by atoms with van der Waals surface area (Å²) in [6.45, 7) is 0. The van der Waals surface area contributed by atoms with Gasteiger partial charge in [-0.1, -0.05) is 139 Å². The molecule has 0 aliphatic rings. The summed E-state index contributed by atoms with van der Waals surface area (Å²) in [4.78, 5) is 10.2. The van der Waals surface area contributed by atoms with Gasteiger partial charge in [-0.05, 0) is 58.5 Å². The second kappa shape index (κ2) is 13.8. The molecule has 260 valence electrons. The van der Waals surface area contributed by atoms with Crippen LogP contribution in [-0.2, 0) is 21.1 Å². The Morgan fingerprint density at radius 1 is 0.574 bits per heavy atom. The van der Waals surface area contributed by atoms with Gasteiger partial charge in [0.1, 0.15) is 17.2 Å². The standard InChI is InChI=1S/C48H30N3O2.Pt/c52-44-24-11-8-20-38(44)48-50-46-36(21-13-23-43(46)51(48)42-22-10-7-18-35(42)32-16-5-2-6-17-32)34-28-39-37-19-9-12-25-45(37)53-47(39)40(29-34)41-30-33(26-27-49-41)31-14-3-1-4-15-31;/h1-28,30,52H;/q-1;.